The molecule has 168 valence electrons. The Morgan fingerprint density at radius 2 is 1.87 bits per heavy atom. The lowest BCUT2D eigenvalue weighted by atomic mass is 9.70. The van der Waals surface area contributed by atoms with E-state index in [4.69, 9.17) is 4.98 Å². The van der Waals surface area contributed by atoms with Gasteiger partial charge in [-0.25, -0.2) is 9.36 Å². The van der Waals surface area contributed by atoms with Crippen molar-refractivity contribution in [1.82, 2.24) is 23.1 Å². The van der Waals surface area contributed by atoms with E-state index in [1.54, 1.807) is 7.05 Å². The van der Waals surface area contributed by atoms with E-state index in [0.29, 0.717) is 22.9 Å². The van der Waals surface area contributed by atoms with Crippen LogP contribution in [0.3, 0.4) is 0 Å². The first-order valence-electron chi connectivity index (χ1n) is 10.7. The third-order valence-corrected chi connectivity index (χ3v) is 6.80. The molecule has 3 aromatic rings. The topological polar surface area (TPSA) is 92.5 Å². The van der Waals surface area contributed by atoms with Crippen molar-refractivity contribution in [1.29, 1.82) is 0 Å². The number of nitrogens with zero attached hydrogens (tertiary/aromatic N) is 5. The second-order valence-corrected chi connectivity index (χ2v) is 9.84. The number of fused-ring (bicyclic) bond motifs is 3. The van der Waals surface area contributed by atoms with E-state index in [2.05, 4.69) is 37.0 Å². The summed E-state index contributed by atoms with van der Waals surface area (Å²) in [5, 5.41) is 0. The van der Waals surface area contributed by atoms with Crippen LogP contribution in [0.15, 0.2) is 9.59 Å². The fraction of sp³-hybridized carbons (Fsp3) is 0.636. The molecule has 1 aliphatic rings. The molecule has 9 nitrogen and oxygen atoms in total. The van der Waals surface area contributed by atoms with Crippen molar-refractivity contribution in [2.24, 2.45) is 18.4 Å². The van der Waals surface area contributed by atoms with Crippen LogP contribution in [0.2, 0.25) is 0 Å². The molecular formula is C22H31N5O4. The first-order chi connectivity index (χ1) is 14.5. The van der Waals surface area contributed by atoms with Gasteiger partial charge in [0.2, 0.25) is 5.78 Å². The fourth-order valence-corrected chi connectivity index (χ4v) is 5.54. The molecule has 0 unspecified atom stereocenters. The largest absolute Gasteiger partial charge is 0.468 e. The molecule has 0 spiro atoms. The summed E-state index contributed by atoms with van der Waals surface area (Å²) < 4.78 is 11.0. The van der Waals surface area contributed by atoms with Gasteiger partial charge in [0.25, 0.3) is 5.56 Å². The average Bonchev–Trinajstić information content (AvgIpc) is 3.17. The highest BCUT2D eigenvalue weighted by Crippen LogP contribution is 2.45. The third-order valence-electron chi connectivity index (χ3n) is 6.80. The molecule has 0 N–H and O–H groups in total. The summed E-state index contributed by atoms with van der Waals surface area (Å²) in [6.45, 7) is 10.5. The van der Waals surface area contributed by atoms with Gasteiger partial charge in [-0.15, -0.1) is 0 Å². The highest BCUT2D eigenvalue weighted by molar-refractivity contribution is 5.77. The number of imidazole rings is 2. The van der Waals surface area contributed by atoms with Gasteiger partial charge in [0.15, 0.2) is 11.2 Å². The number of hydrogen-bond donors (Lipinski definition) is 0. The van der Waals surface area contributed by atoms with Crippen LogP contribution in [0.1, 0.15) is 57.5 Å². The lowest BCUT2D eigenvalue weighted by molar-refractivity contribution is -0.141. The molecule has 0 amide bonds. The number of aromatic nitrogens is 5. The zero-order valence-corrected chi connectivity index (χ0v) is 19.4. The number of aryl methyl sites for hydroxylation is 2. The Balaban J connectivity index is 2.03. The lowest BCUT2D eigenvalue weighted by Gasteiger charge is -2.40. The van der Waals surface area contributed by atoms with Gasteiger partial charge in [0.05, 0.1) is 7.11 Å². The van der Waals surface area contributed by atoms with Gasteiger partial charge >= 0.3 is 11.7 Å². The molecule has 4 rings (SSSR count). The van der Waals surface area contributed by atoms with E-state index in [-0.39, 0.29) is 11.5 Å². The molecule has 1 fully saturated rings. The molecule has 0 aliphatic heterocycles. The summed E-state index contributed by atoms with van der Waals surface area (Å²) in [5.74, 6) is 0.605. The number of esters is 1. The summed E-state index contributed by atoms with van der Waals surface area (Å²) in [6.07, 6.45) is 3.25. The molecule has 3 heterocycles. The maximum absolute atomic E-state index is 13.3. The van der Waals surface area contributed by atoms with E-state index in [9.17, 15) is 14.4 Å². The van der Waals surface area contributed by atoms with Gasteiger partial charge in [-0.05, 0) is 44.4 Å². The van der Waals surface area contributed by atoms with Crippen LogP contribution in [0, 0.1) is 25.2 Å². The summed E-state index contributed by atoms with van der Waals surface area (Å²) in [5.41, 5.74) is 1.71. The minimum absolute atomic E-state index is 0.218. The monoisotopic (exact) mass is 429 g/mol. The number of ether oxygens (including phenoxy) is 1. The Kier molecular flexibility index (Phi) is 4.90. The van der Waals surface area contributed by atoms with Gasteiger partial charge in [0.1, 0.15) is 6.54 Å². The molecule has 1 aliphatic carbocycles. The second kappa shape index (κ2) is 7.10. The Hall–Kier alpha value is -2.84. The van der Waals surface area contributed by atoms with Crippen LogP contribution in [0.25, 0.3) is 16.9 Å². The molecule has 0 aromatic carbocycles. The van der Waals surface area contributed by atoms with Crippen LogP contribution in [0.4, 0.5) is 0 Å². The van der Waals surface area contributed by atoms with Crippen LogP contribution >= 0.6 is 0 Å². The Bertz CT molecular complexity index is 1320. The van der Waals surface area contributed by atoms with Crippen LogP contribution in [0.5, 0.6) is 0 Å². The Labute approximate surface area is 180 Å². The smallest absolute Gasteiger partial charge is 0.333 e. The normalized spacial score (nSPS) is 21.1. The molecule has 1 saturated carbocycles. The van der Waals surface area contributed by atoms with Crippen LogP contribution in [-0.2, 0) is 23.1 Å². The molecular weight excluding hydrogens is 398 g/mol. The highest BCUT2D eigenvalue weighted by Gasteiger charge is 2.35. The second-order valence-electron chi connectivity index (χ2n) is 9.84. The first kappa shape index (κ1) is 21.4. The zero-order chi connectivity index (χ0) is 22.8. The fourth-order valence-electron chi connectivity index (χ4n) is 5.54. The maximum Gasteiger partial charge on any atom is 0.333 e. The van der Waals surface area contributed by atoms with Crippen molar-refractivity contribution in [3.05, 3.63) is 32.2 Å². The zero-order valence-electron chi connectivity index (χ0n) is 19.4. The molecule has 0 radical (unpaired) electrons. The maximum atomic E-state index is 13.3. The quantitative estimate of drug-likeness (QED) is 0.596. The predicted octanol–water partition coefficient (Wildman–Crippen LogP) is 2.33. The van der Waals surface area contributed by atoms with Gasteiger partial charge in [0, 0.05) is 24.5 Å². The van der Waals surface area contributed by atoms with E-state index in [0.717, 1.165) is 28.8 Å². The predicted molar refractivity (Wildman–Crippen MR) is 118 cm³/mol. The average molecular weight is 430 g/mol. The van der Waals surface area contributed by atoms with E-state index < -0.39 is 23.8 Å². The molecule has 31 heavy (non-hydrogen) atoms. The minimum Gasteiger partial charge on any atom is -0.468 e. The third kappa shape index (κ3) is 3.21. The van der Waals surface area contributed by atoms with Gasteiger partial charge in [-0.2, -0.15) is 4.98 Å². The van der Waals surface area contributed by atoms with Gasteiger partial charge in [-0.3, -0.25) is 18.6 Å². The molecule has 0 saturated heterocycles. The summed E-state index contributed by atoms with van der Waals surface area (Å²) in [7, 11) is 2.80. The van der Waals surface area contributed by atoms with Gasteiger partial charge in [-0.1, -0.05) is 20.8 Å². The molecule has 9 heteroatoms. The molecule has 3 aromatic heterocycles. The van der Waals surface area contributed by atoms with Crippen molar-refractivity contribution in [2.75, 3.05) is 7.11 Å². The summed E-state index contributed by atoms with van der Waals surface area (Å²) in [4.78, 5) is 42.7. The van der Waals surface area contributed by atoms with Gasteiger partial charge < -0.3 is 9.30 Å². The number of methoxy groups -OCH3 is 1. The van der Waals surface area contributed by atoms with Crippen LogP contribution < -0.4 is 11.2 Å². The molecule has 0 bridgehead atoms. The Morgan fingerprint density at radius 3 is 2.48 bits per heavy atom. The SMILES string of the molecule is COC(=O)Cn1c(=O)c2c(nc3n([C@H]4C[C@@H](C)CC(C)(C)C4)c(C)c(C)n23)n(C)c1=O. The van der Waals surface area contributed by atoms with E-state index in [1.807, 2.05) is 11.3 Å². The Morgan fingerprint density at radius 1 is 1.19 bits per heavy atom. The molecule has 2 atom stereocenters. The summed E-state index contributed by atoms with van der Waals surface area (Å²) >= 11 is 0. The van der Waals surface area contributed by atoms with Crippen molar-refractivity contribution in [2.45, 2.75) is 66.5 Å². The first-order valence-corrected chi connectivity index (χ1v) is 10.7. The minimum atomic E-state index is -0.650. The van der Waals surface area contributed by atoms with Crippen molar-refractivity contribution in [3.8, 4) is 0 Å². The number of hydrogen-bond acceptors (Lipinski definition) is 5. The number of carbonyl (C=O) groups excluding carboxylic acids is 1. The van der Waals surface area contributed by atoms with Crippen LogP contribution in [-0.4, -0.2) is 36.2 Å². The van der Waals surface area contributed by atoms with Crippen molar-refractivity contribution >= 4 is 22.9 Å². The highest BCUT2D eigenvalue weighted by atomic mass is 16.5. The number of rotatable bonds is 3. The summed E-state index contributed by atoms with van der Waals surface area (Å²) in [6, 6.07) is 0.265. The number of carbonyl (C=O) groups is 1. The standard InChI is InChI=1S/C22H31N5O4/c1-12-8-15(10-22(4,5)9-12)26-13(2)14(3)27-17-18(23-20(26)27)24(6)21(30)25(19(17)29)11-16(28)31-7/h12,15H,8-11H2,1-7H3/t12-,15+/m1/s1. The van der Waals surface area contributed by atoms with E-state index >= 15 is 0 Å². The van der Waals surface area contributed by atoms with E-state index in [1.165, 1.54) is 18.1 Å². The lowest BCUT2D eigenvalue weighted by Crippen LogP contribution is -2.41. The van der Waals surface area contributed by atoms with Crippen molar-refractivity contribution in [3.63, 3.8) is 0 Å². The van der Waals surface area contributed by atoms with Crippen molar-refractivity contribution < 1.29 is 9.53 Å².